The number of amides is 1. The van der Waals surface area contributed by atoms with Gasteiger partial charge in [0.25, 0.3) is 0 Å². The van der Waals surface area contributed by atoms with Gasteiger partial charge in [-0.15, -0.1) is 0 Å². The van der Waals surface area contributed by atoms with Crippen molar-refractivity contribution >= 4 is 15.9 Å². The van der Waals surface area contributed by atoms with E-state index in [2.05, 4.69) is 0 Å². The number of aliphatic hydroxyl groups excluding tert-OH is 1. The van der Waals surface area contributed by atoms with Gasteiger partial charge < -0.3 is 10.0 Å². The van der Waals surface area contributed by atoms with Crippen LogP contribution in [0.3, 0.4) is 0 Å². The predicted molar refractivity (Wildman–Crippen MR) is 80.2 cm³/mol. The second kappa shape index (κ2) is 6.62. The third kappa shape index (κ3) is 3.76. The van der Waals surface area contributed by atoms with Crippen molar-refractivity contribution in [2.75, 3.05) is 25.4 Å². The van der Waals surface area contributed by atoms with Gasteiger partial charge in [-0.25, -0.2) is 12.7 Å². The van der Waals surface area contributed by atoms with Gasteiger partial charge in [0.15, 0.2) is 0 Å². The van der Waals surface area contributed by atoms with Crippen LogP contribution in [0.25, 0.3) is 0 Å². The summed E-state index contributed by atoms with van der Waals surface area (Å²) in [5.74, 6) is -0.197. The Balaban J connectivity index is 2.05. The third-order valence-electron chi connectivity index (χ3n) is 4.63. The molecule has 6 nitrogen and oxygen atoms in total. The Kier molecular flexibility index (Phi) is 5.27. The Morgan fingerprint density at radius 1 is 1.24 bits per heavy atom. The van der Waals surface area contributed by atoms with Crippen molar-refractivity contribution in [2.45, 2.75) is 51.7 Å². The number of β-amino-alcohol motifs (C(OH)–C–C–N with tert-alkyl or cyclic N) is 1. The summed E-state index contributed by atoms with van der Waals surface area (Å²) in [5.41, 5.74) is 0. The number of piperidine rings is 2. The monoisotopic (exact) mass is 318 g/mol. The molecule has 0 saturated carbocycles. The molecule has 0 aliphatic carbocycles. The molecule has 7 heteroatoms. The summed E-state index contributed by atoms with van der Waals surface area (Å²) in [4.78, 5) is 14.4. The molecule has 0 aromatic rings. The minimum Gasteiger partial charge on any atom is -0.391 e. The number of carbonyl (C=O) groups is 1. The number of carbonyl (C=O) groups excluding carboxylic acids is 1. The highest BCUT2D eigenvalue weighted by molar-refractivity contribution is 7.89. The van der Waals surface area contributed by atoms with Crippen LogP contribution >= 0.6 is 0 Å². The van der Waals surface area contributed by atoms with Crippen LogP contribution in [-0.4, -0.2) is 66.2 Å². The molecule has 21 heavy (non-hydrogen) atoms. The molecule has 1 N–H and O–H groups in total. The van der Waals surface area contributed by atoms with Crippen molar-refractivity contribution in [2.24, 2.45) is 5.92 Å². The highest BCUT2D eigenvalue weighted by Gasteiger charge is 2.36. The lowest BCUT2D eigenvalue weighted by atomic mass is 9.94. The maximum Gasteiger partial charge on any atom is 0.227 e. The van der Waals surface area contributed by atoms with Gasteiger partial charge in [0.05, 0.1) is 17.8 Å². The highest BCUT2D eigenvalue weighted by Crippen LogP contribution is 2.25. The summed E-state index contributed by atoms with van der Waals surface area (Å²) in [6, 6.07) is 0.124. The molecule has 2 rings (SSSR count). The zero-order valence-electron chi connectivity index (χ0n) is 12.9. The maximum atomic E-state index is 12.7. The number of nitrogens with zero attached hydrogens (tertiary/aromatic N) is 2. The van der Waals surface area contributed by atoms with E-state index >= 15 is 0 Å². The first-order valence-electron chi connectivity index (χ1n) is 7.81. The van der Waals surface area contributed by atoms with Crippen LogP contribution in [0.4, 0.5) is 0 Å². The molecule has 122 valence electrons. The van der Waals surface area contributed by atoms with Gasteiger partial charge >= 0.3 is 0 Å². The fourth-order valence-electron chi connectivity index (χ4n) is 3.21. The van der Waals surface area contributed by atoms with Gasteiger partial charge in [0.2, 0.25) is 15.9 Å². The van der Waals surface area contributed by atoms with Gasteiger partial charge in [0.1, 0.15) is 0 Å². The van der Waals surface area contributed by atoms with E-state index < -0.39 is 16.1 Å². The van der Waals surface area contributed by atoms with E-state index in [9.17, 15) is 18.3 Å². The van der Waals surface area contributed by atoms with Crippen molar-refractivity contribution in [3.63, 3.8) is 0 Å². The summed E-state index contributed by atoms with van der Waals surface area (Å²) in [5, 5.41) is 9.76. The second-order valence-corrected chi connectivity index (χ2v) is 8.43. The smallest absolute Gasteiger partial charge is 0.227 e. The van der Waals surface area contributed by atoms with E-state index in [-0.39, 0.29) is 30.2 Å². The Bertz CT molecular complexity index is 479. The Morgan fingerprint density at radius 2 is 1.95 bits per heavy atom. The summed E-state index contributed by atoms with van der Waals surface area (Å²) >= 11 is 0. The molecule has 2 aliphatic heterocycles. The predicted octanol–water partition coefficient (Wildman–Crippen LogP) is 0.420. The third-order valence-corrected chi connectivity index (χ3v) is 6.48. The highest BCUT2D eigenvalue weighted by atomic mass is 32.2. The van der Waals surface area contributed by atoms with Gasteiger partial charge in [-0.2, -0.15) is 0 Å². The van der Waals surface area contributed by atoms with E-state index in [4.69, 9.17) is 0 Å². The molecule has 2 saturated heterocycles. The molecule has 3 unspecified atom stereocenters. The molecule has 0 spiro atoms. The summed E-state index contributed by atoms with van der Waals surface area (Å²) in [6.07, 6.45) is 2.53. The average Bonchev–Trinajstić information content (AvgIpc) is 2.49. The molecule has 0 aromatic heterocycles. The topological polar surface area (TPSA) is 77.9 Å². The van der Waals surface area contributed by atoms with Crippen LogP contribution in [-0.2, 0) is 14.8 Å². The fraction of sp³-hybridized carbons (Fsp3) is 0.929. The standard InChI is InChI=1S/C14H26N2O4S/c1-3-21(19,20)15-8-4-5-12(9-15)14(18)16-10-13(17)7-6-11(16)2/h11-13,17H,3-10H2,1-2H3. The number of aliphatic hydroxyl groups is 1. The molecule has 2 heterocycles. The van der Waals surface area contributed by atoms with Crippen LogP contribution in [0.15, 0.2) is 0 Å². The first-order chi connectivity index (χ1) is 9.85. The van der Waals surface area contributed by atoms with Crippen molar-refractivity contribution in [3.05, 3.63) is 0 Å². The number of sulfonamides is 1. The molecule has 0 radical (unpaired) electrons. The van der Waals surface area contributed by atoms with Gasteiger partial charge in [-0.05, 0) is 39.5 Å². The molecule has 1 amide bonds. The zero-order chi connectivity index (χ0) is 15.6. The van der Waals surface area contributed by atoms with Crippen molar-refractivity contribution < 1.29 is 18.3 Å². The van der Waals surface area contributed by atoms with Crippen LogP contribution in [0.1, 0.15) is 39.5 Å². The van der Waals surface area contributed by atoms with Crippen molar-refractivity contribution in [1.29, 1.82) is 0 Å². The van der Waals surface area contributed by atoms with Gasteiger partial charge in [-0.3, -0.25) is 4.79 Å². The van der Waals surface area contributed by atoms with Crippen LogP contribution in [0.5, 0.6) is 0 Å². The Morgan fingerprint density at radius 3 is 2.62 bits per heavy atom. The lowest BCUT2D eigenvalue weighted by Crippen LogP contribution is -2.53. The molecule has 0 bridgehead atoms. The molecule has 3 atom stereocenters. The normalized spacial score (nSPS) is 32.1. The van der Waals surface area contributed by atoms with Crippen LogP contribution in [0, 0.1) is 5.92 Å². The van der Waals surface area contributed by atoms with Crippen molar-refractivity contribution in [1.82, 2.24) is 9.21 Å². The number of hydrogen-bond donors (Lipinski definition) is 1. The largest absolute Gasteiger partial charge is 0.391 e. The second-order valence-electron chi connectivity index (χ2n) is 6.17. The van der Waals surface area contributed by atoms with E-state index in [0.29, 0.717) is 13.1 Å². The number of hydrogen-bond acceptors (Lipinski definition) is 4. The van der Waals surface area contributed by atoms with Crippen molar-refractivity contribution in [3.8, 4) is 0 Å². The minimum atomic E-state index is -3.23. The quantitative estimate of drug-likeness (QED) is 0.818. The van der Waals surface area contributed by atoms with E-state index in [1.165, 1.54) is 4.31 Å². The van der Waals surface area contributed by atoms with Crippen LogP contribution < -0.4 is 0 Å². The summed E-state index contributed by atoms with van der Waals surface area (Å²) in [7, 11) is -3.23. The molecule has 2 aliphatic rings. The SMILES string of the molecule is CCS(=O)(=O)N1CCCC(C(=O)N2CC(O)CCC2C)C1. The lowest BCUT2D eigenvalue weighted by Gasteiger charge is -2.40. The first-order valence-corrected chi connectivity index (χ1v) is 9.42. The molecule has 0 aromatic carbocycles. The van der Waals surface area contributed by atoms with Gasteiger partial charge in [-0.1, -0.05) is 0 Å². The van der Waals surface area contributed by atoms with E-state index in [1.807, 2.05) is 6.92 Å². The maximum absolute atomic E-state index is 12.7. The number of rotatable bonds is 3. The fourth-order valence-corrected chi connectivity index (χ4v) is 4.39. The lowest BCUT2D eigenvalue weighted by molar-refractivity contribution is -0.142. The van der Waals surface area contributed by atoms with E-state index in [0.717, 1.165) is 25.7 Å². The average molecular weight is 318 g/mol. The summed E-state index contributed by atoms with van der Waals surface area (Å²) < 4.78 is 25.4. The van der Waals surface area contributed by atoms with Gasteiger partial charge in [0, 0.05) is 25.7 Å². The zero-order valence-corrected chi connectivity index (χ0v) is 13.7. The Hall–Kier alpha value is -0.660. The van der Waals surface area contributed by atoms with E-state index in [1.54, 1.807) is 11.8 Å². The summed E-state index contributed by atoms with van der Waals surface area (Å²) in [6.45, 7) is 4.79. The van der Waals surface area contributed by atoms with Crippen LogP contribution in [0.2, 0.25) is 0 Å². The Labute approximate surface area is 127 Å². The number of likely N-dealkylation sites (tertiary alicyclic amines) is 1. The molecule has 2 fully saturated rings. The molecular weight excluding hydrogens is 292 g/mol. The minimum absolute atomic E-state index is 0.00254. The first kappa shape index (κ1) is 16.7. The molecular formula is C14H26N2O4S.